The first kappa shape index (κ1) is 11.4. The van der Waals surface area contributed by atoms with Gasteiger partial charge in [-0.3, -0.25) is 10.1 Å². The van der Waals surface area contributed by atoms with Crippen LogP contribution in [0.5, 0.6) is 0 Å². The average Bonchev–Trinajstić information content (AvgIpc) is 2.38. The fourth-order valence-electron chi connectivity index (χ4n) is 2.16. The lowest BCUT2D eigenvalue weighted by molar-refractivity contribution is -0.384. The first-order valence-electron chi connectivity index (χ1n) is 5.42. The highest BCUT2D eigenvalue weighted by Gasteiger charge is 2.09. The molecule has 88 valence electrons. The summed E-state index contributed by atoms with van der Waals surface area (Å²) in [7, 11) is 0. The van der Waals surface area contributed by atoms with E-state index in [-0.39, 0.29) is 10.6 Å². The van der Waals surface area contributed by atoms with Crippen molar-refractivity contribution in [1.29, 1.82) is 0 Å². The smallest absolute Gasteiger partial charge is 0.258 e. The molecule has 0 aliphatic carbocycles. The molecule has 0 aliphatic rings. The molecule has 0 saturated heterocycles. The minimum Gasteiger partial charge on any atom is -0.258 e. The second kappa shape index (κ2) is 4.20. The summed E-state index contributed by atoms with van der Waals surface area (Å²) in [5.74, 6) is 0. The third kappa shape index (κ3) is 1.73. The number of halogens is 1. The maximum Gasteiger partial charge on any atom is 0.270 e. The molecule has 4 heteroatoms. The van der Waals surface area contributed by atoms with E-state index in [0.717, 1.165) is 25.1 Å². The molecule has 0 saturated carbocycles. The molecule has 0 heterocycles. The molecule has 3 aromatic carbocycles. The summed E-state index contributed by atoms with van der Waals surface area (Å²) < 4.78 is 1.16. The van der Waals surface area contributed by atoms with Crippen molar-refractivity contribution in [2.75, 3.05) is 0 Å². The third-order valence-corrected chi connectivity index (χ3v) is 3.90. The Morgan fingerprint density at radius 1 is 0.944 bits per heavy atom. The van der Waals surface area contributed by atoms with Crippen LogP contribution < -0.4 is 0 Å². The minimum atomic E-state index is -0.355. The van der Waals surface area contributed by atoms with Crippen LogP contribution in [0.25, 0.3) is 21.5 Å². The normalized spacial score (nSPS) is 10.9. The summed E-state index contributed by atoms with van der Waals surface area (Å²) in [6, 6.07) is 15.0. The second-order valence-corrected chi connectivity index (χ2v) is 5.23. The fraction of sp³-hybridized carbons (Fsp3) is 0. The Labute approximate surface area is 117 Å². The first-order chi connectivity index (χ1) is 8.66. The largest absolute Gasteiger partial charge is 0.270 e. The summed E-state index contributed by atoms with van der Waals surface area (Å²) >= 11 is 2.29. The lowest BCUT2D eigenvalue weighted by Crippen LogP contribution is -1.88. The van der Waals surface area contributed by atoms with Crippen LogP contribution in [0.4, 0.5) is 5.69 Å². The predicted octanol–water partition coefficient (Wildman–Crippen LogP) is 4.51. The zero-order valence-electron chi connectivity index (χ0n) is 9.26. The molecule has 0 amide bonds. The highest BCUT2D eigenvalue weighted by atomic mass is 127. The van der Waals surface area contributed by atoms with Gasteiger partial charge in [0.1, 0.15) is 0 Å². The summed E-state index contributed by atoms with van der Waals surface area (Å²) in [4.78, 5) is 10.5. The number of rotatable bonds is 1. The zero-order valence-corrected chi connectivity index (χ0v) is 11.4. The van der Waals surface area contributed by atoms with E-state index in [1.54, 1.807) is 12.1 Å². The predicted molar refractivity (Wildman–Crippen MR) is 80.8 cm³/mol. The van der Waals surface area contributed by atoms with Gasteiger partial charge in [-0.25, -0.2) is 0 Å². The summed E-state index contributed by atoms with van der Waals surface area (Å²) in [5.41, 5.74) is 0.133. The molecule has 0 spiro atoms. The van der Waals surface area contributed by atoms with Crippen molar-refractivity contribution in [3.05, 3.63) is 62.2 Å². The van der Waals surface area contributed by atoms with Crippen LogP contribution in [0, 0.1) is 13.7 Å². The fourth-order valence-corrected chi connectivity index (χ4v) is 2.96. The molecule has 3 rings (SSSR count). The maximum absolute atomic E-state index is 10.9. The van der Waals surface area contributed by atoms with Gasteiger partial charge in [0, 0.05) is 15.7 Å². The zero-order chi connectivity index (χ0) is 12.7. The van der Waals surface area contributed by atoms with Gasteiger partial charge < -0.3 is 0 Å². The van der Waals surface area contributed by atoms with Crippen LogP contribution in [-0.4, -0.2) is 4.92 Å². The Morgan fingerprint density at radius 3 is 2.39 bits per heavy atom. The van der Waals surface area contributed by atoms with Crippen molar-refractivity contribution in [2.45, 2.75) is 0 Å². The number of nitro benzene ring substituents is 1. The minimum absolute atomic E-state index is 0.133. The molecule has 0 atom stereocenters. The van der Waals surface area contributed by atoms with Gasteiger partial charge in [-0.15, -0.1) is 0 Å². The monoisotopic (exact) mass is 349 g/mol. The number of nitrogens with zero attached hydrogens (tertiary/aromatic N) is 1. The average molecular weight is 349 g/mol. The van der Waals surface area contributed by atoms with Gasteiger partial charge >= 0.3 is 0 Å². The molecule has 3 aromatic rings. The highest BCUT2D eigenvalue weighted by molar-refractivity contribution is 14.1. The van der Waals surface area contributed by atoms with E-state index in [1.165, 1.54) is 0 Å². The number of nitro groups is 1. The van der Waals surface area contributed by atoms with E-state index in [2.05, 4.69) is 28.7 Å². The number of fused-ring (bicyclic) bond motifs is 3. The van der Waals surface area contributed by atoms with Gasteiger partial charge in [-0.1, -0.05) is 24.3 Å². The quantitative estimate of drug-likeness (QED) is 0.281. The van der Waals surface area contributed by atoms with Crippen LogP contribution in [-0.2, 0) is 0 Å². The van der Waals surface area contributed by atoms with E-state index < -0.39 is 0 Å². The molecule has 0 N–H and O–H groups in total. The standard InChI is InChI=1S/C14H8INO2/c15-14-7-9-5-6-10(16(17)18)8-13(9)11-3-1-2-4-12(11)14/h1-8H. The lowest BCUT2D eigenvalue weighted by atomic mass is 10.0. The molecule has 0 unspecified atom stereocenters. The van der Waals surface area contributed by atoms with Crippen molar-refractivity contribution in [1.82, 2.24) is 0 Å². The molecule has 0 radical (unpaired) electrons. The van der Waals surface area contributed by atoms with E-state index in [0.29, 0.717) is 0 Å². The van der Waals surface area contributed by atoms with Gasteiger partial charge in [0.15, 0.2) is 0 Å². The van der Waals surface area contributed by atoms with Crippen LogP contribution in [0.3, 0.4) is 0 Å². The Balaban J connectivity index is 2.50. The summed E-state index contributed by atoms with van der Waals surface area (Å²) in [6.45, 7) is 0. The van der Waals surface area contributed by atoms with Gasteiger partial charge in [0.2, 0.25) is 0 Å². The molecule has 0 fully saturated rings. The van der Waals surface area contributed by atoms with E-state index >= 15 is 0 Å². The van der Waals surface area contributed by atoms with Crippen LogP contribution >= 0.6 is 22.6 Å². The van der Waals surface area contributed by atoms with Gasteiger partial charge in [0.05, 0.1) is 4.92 Å². The highest BCUT2D eigenvalue weighted by Crippen LogP contribution is 2.31. The molecule has 18 heavy (non-hydrogen) atoms. The van der Waals surface area contributed by atoms with E-state index in [9.17, 15) is 10.1 Å². The van der Waals surface area contributed by atoms with Crippen LogP contribution in [0.15, 0.2) is 48.5 Å². The van der Waals surface area contributed by atoms with Crippen molar-refractivity contribution in [3.63, 3.8) is 0 Å². The van der Waals surface area contributed by atoms with E-state index in [1.807, 2.05) is 30.3 Å². The molecule has 3 nitrogen and oxygen atoms in total. The van der Waals surface area contributed by atoms with Crippen LogP contribution in [0.1, 0.15) is 0 Å². The summed E-state index contributed by atoms with van der Waals surface area (Å²) in [5, 5.41) is 15.0. The number of non-ortho nitro benzene ring substituents is 1. The lowest BCUT2D eigenvalue weighted by Gasteiger charge is -2.06. The molecule has 0 aromatic heterocycles. The summed E-state index contributed by atoms with van der Waals surface area (Å²) in [6.07, 6.45) is 0. The molecular formula is C14H8INO2. The molecular weight excluding hydrogens is 341 g/mol. The Hall–Kier alpha value is -1.69. The Morgan fingerprint density at radius 2 is 1.67 bits per heavy atom. The Kier molecular flexibility index (Phi) is 2.66. The SMILES string of the molecule is O=[N+]([O-])c1ccc2cc(I)c3ccccc3c2c1. The van der Waals surface area contributed by atoms with Crippen molar-refractivity contribution >= 4 is 49.8 Å². The van der Waals surface area contributed by atoms with Gasteiger partial charge in [0.25, 0.3) is 5.69 Å². The number of hydrogen-bond acceptors (Lipinski definition) is 2. The number of benzene rings is 3. The topological polar surface area (TPSA) is 43.1 Å². The van der Waals surface area contributed by atoms with E-state index in [4.69, 9.17) is 0 Å². The van der Waals surface area contributed by atoms with Crippen molar-refractivity contribution < 1.29 is 4.92 Å². The first-order valence-corrected chi connectivity index (χ1v) is 6.50. The second-order valence-electron chi connectivity index (χ2n) is 4.07. The van der Waals surface area contributed by atoms with Crippen LogP contribution in [0.2, 0.25) is 0 Å². The number of hydrogen-bond donors (Lipinski definition) is 0. The van der Waals surface area contributed by atoms with Gasteiger partial charge in [-0.2, -0.15) is 0 Å². The Bertz CT molecular complexity index is 783. The maximum atomic E-state index is 10.9. The van der Waals surface area contributed by atoms with Crippen molar-refractivity contribution in [3.8, 4) is 0 Å². The van der Waals surface area contributed by atoms with Crippen molar-refractivity contribution in [2.24, 2.45) is 0 Å². The molecule has 0 bridgehead atoms. The third-order valence-electron chi connectivity index (χ3n) is 3.00. The molecule has 0 aliphatic heterocycles. The van der Waals surface area contributed by atoms with Gasteiger partial charge in [-0.05, 0) is 56.3 Å².